The van der Waals surface area contributed by atoms with Crippen LogP contribution in [-0.4, -0.2) is 45.4 Å². The third-order valence-corrected chi connectivity index (χ3v) is 2.68. The summed E-state index contributed by atoms with van der Waals surface area (Å²) in [7, 11) is 0. The number of nitrogens with one attached hydrogen (secondary N) is 2. The van der Waals surface area contributed by atoms with Crippen molar-refractivity contribution in [1.82, 2.24) is 0 Å². The van der Waals surface area contributed by atoms with Gasteiger partial charge in [-0.2, -0.15) is 12.1 Å². The number of carboxylic acids is 2. The fourth-order valence-corrected chi connectivity index (χ4v) is 1.51. The molecular formula is C11H20N2O5Pt. The minimum atomic E-state index is -1.56. The van der Waals surface area contributed by atoms with Gasteiger partial charge in [-0.3, -0.25) is 4.79 Å². The van der Waals surface area contributed by atoms with E-state index in [-0.39, 0.29) is 46.0 Å². The third-order valence-electron chi connectivity index (χ3n) is 2.68. The Hall–Kier alpha value is -0.492. The summed E-state index contributed by atoms with van der Waals surface area (Å²) in [6.07, 6.45) is 2.11. The largest absolute Gasteiger partial charge is 2.00 e. The van der Waals surface area contributed by atoms with E-state index in [2.05, 4.69) is 0 Å². The van der Waals surface area contributed by atoms with Crippen molar-refractivity contribution in [1.29, 1.82) is 0 Å². The van der Waals surface area contributed by atoms with Crippen molar-refractivity contribution in [2.24, 2.45) is 0 Å². The van der Waals surface area contributed by atoms with Crippen molar-refractivity contribution in [3.8, 4) is 0 Å². The molecule has 0 bridgehead atoms. The molecule has 114 valence electrons. The Morgan fingerprint density at radius 3 is 1.79 bits per heavy atom. The van der Waals surface area contributed by atoms with Crippen LogP contribution in [0, 0.1) is 0 Å². The molecule has 0 aliphatic heterocycles. The van der Waals surface area contributed by atoms with Crippen molar-refractivity contribution in [3.05, 3.63) is 11.5 Å². The zero-order valence-corrected chi connectivity index (χ0v) is 12.7. The Kier molecular flexibility index (Phi) is 12.4. The summed E-state index contributed by atoms with van der Waals surface area (Å²) < 4.78 is 0. The van der Waals surface area contributed by atoms with Gasteiger partial charge < -0.3 is 26.8 Å². The van der Waals surface area contributed by atoms with Gasteiger partial charge in [-0.1, -0.05) is 25.7 Å². The molecule has 3 unspecified atom stereocenters. The van der Waals surface area contributed by atoms with Crippen LogP contribution in [0.15, 0.2) is 0 Å². The first-order chi connectivity index (χ1) is 8.34. The Bertz CT molecular complexity index is 268. The monoisotopic (exact) mass is 455 g/mol. The van der Waals surface area contributed by atoms with Crippen LogP contribution in [0.2, 0.25) is 0 Å². The van der Waals surface area contributed by atoms with Crippen LogP contribution >= 0.6 is 0 Å². The van der Waals surface area contributed by atoms with E-state index in [4.69, 9.17) is 26.8 Å². The van der Waals surface area contributed by atoms with Crippen LogP contribution in [0.3, 0.4) is 0 Å². The molecule has 0 aromatic rings. The first-order valence-electron chi connectivity index (χ1n) is 5.89. The predicted octanol–water partition coefficient (Wildman–Crippen LogP) is 1.70. The van der Waals surface area contributed by atoms with Gasteiger partial charge in [0, 0.05) is 6.42 Å². The molecule has 1 aliphatic rings. The molecule has 3 atom stereocenters. The number of rotatable bonds is 4. The van der Waals surface area contributed by atoms with Crippen LogP contribution in [-0.2, 0) is 30.7 Å². The number of carbonyl (C=O) groups is 2. The average Bonchev–Trinajstić information content (AvgIpc) is 2.30. The molecule has 1 fully saturated rings. The van der Waals surface area contributed by atoms with E-state index in [1.807, 2.05) is 0 Å². The van der Waals surface area contributed by atoms with Gasteiger partial charge in [0.05, 0.1) is 0 Å². The molecule has 7 nitrogen and oxygen atoms in total. The quantitative estimate of drug-likeness (QED) is 0.591. The fourth-order valence-electron chi connectivity index (χ4n) is 1.51. The number of hydrogen-bond acceptors (Lipinski definition) is 3. The zero-order chi connectivity index (χ0) is 14.1. The normalized spacial score (nSPS) is 23.3. The van der Waals surface area contributed by atoms with Crippen LogP contribution in [0.5, 0.6) is 0 Å². The average molecular weight is 455 g/mol. The van der Waals surface area contributed by atoms with Gasteiger partial charge >= 0.3 is 33.0 Å². The van der Waals surface area contributed by atoms with Gasteiger partial charge in [0.15, 0.2) is 6.10 Å². The topological polar surface area (TPSA) is 142 Å². The summed E-state index contributed by atoms with van der Waals surface area (Å²) in [5, 5.41) is 24.6. The molecule has 0 radical (unpaired) electrons. The molecule has 0 saturated heterocycles. The molecule has 8 heteroatoms. The smallest absolute Gasteiger partial charge is 0.676 e. The van der Waals surface area contributed by atoms with E-state index in [1.165, 1.54) is 12.8 Å². The molecular weight excluding hydrogens is 435 g/mol. The van der Waals surface area contributed by atoms with E-state index in [1.54, 1.807) is 0 Å². The maximum Gasteiger partial charge on any atom is 2.00 e. The van der Waals surface area contributed by atoms with Gasteiger partial charge in [0.25, 0.3) is 0 Å². The number of aliphatic hydroxyl groups excluding tert-OH is 1. The Morgan fingerprint density at radius 1 is 1.11 bits per heavy atom. The van der Waals surface area contributed by atoms with Gasteiger partial charge in [0.2, 0.25) is 0 Å². The van der Waals surface area contributed by atoms with Gasteiger partial charge in [-0.05, 0) is 6.42 Å². The van der Waals surface area contributed by atoms with Crippen LogP contribution in [0.1, 0.15) is 38.5 Å². The molecule has 0 aromatic carbocycles. The SMILES string of the molecule is O=C(O)CCC(O)C(=O)O.[NH-]C1CCCCC1[NH-].[Pt+2]. The summed E-state index contributed by atoms with van der Waals surface area (Å²) in [5.41, 5.74) is 14.6. The predicted molar refractivity (Wildman–Crippen MR) is 65.2 cm³/mol. The second kappa shape index (κ2) is 11.3. The van der Waals surface area contributed by atoms with Crippen molar-refractivity contribution < 1.29 is 46.0 Å². The van der Waals surface area contributed by atoms with Crippen LogP contribution in [0.4, 0.5) is 0 Å². The van der Waals surface area contributed by atoms with E-state index in [0.717, 1.165) is 12.8 Å². The maximum absolute atomic E-state index is 9.87. The number of aliphatic carboxylic acids is 2. The zero-order valence-electron chi connectivity index (χ0n) is 10.4. The van der Waals surface area contributed by atoms with E-state index in [0.29, 0.717) is 0 Å². The Morgan fingerprint density at radius 2 is 1.53 bits per heavy atom. The van der Waals surface area contributed by atoms with Gasteiger partial charge in [-0.25, -0.2) is 4.79 Å². The van der Waals surface area contributed by atoms with Crippen molar-refractivity contribution in [2.45, 2.75) is 56.7 Å². The van der Waals surface area contributed by atoms with E-state index < -0.39 is 18.0 Å². The number of carboxylic acid groups (broad SMARTS) is 2. The molecule has 0 spiro atoms. The molecule has 19 heavy (non-hydrogen) atoms. The molecule has 1 aliphatic carbocycles. The number of aliphatic hydroxyl groups is 1. The second-order valence-corrected chi connectivity index (χ2v) is 4.28. The number of hydrogen-bond donors (Lipinski definition) is 3. The molecule has 1 saturated carbocycles. The van der Waals surface area contributed by atoms with Crippen molar-refractivity contribution in [3.63, 3.8) is 0 Å². The maximum atomic E-state index is 9.87. The van der Waals surface area contributed by atoms with Crippen LogP contribution in [0.25, 0.3) is 11.5 Å². The summed E-state index contributed by atoms with van der Waals surface area (Å²) in [6.45, 7) is 0. The molecule has 0 aromatic heterocycles. The van der Waals surface area contributed by atoms with E-state index >= 15 is 0 Å². The fraction of sp³-hybridized carbons (Fsp3) is 0.818. The summed E-state index contributed by atoms with van der Waals surface area (Å²) in [6, 6.07) is -0.160. The summed E-state index contributed by atoms with van der Waals surface area (Å²) in [5.74, 6) is -2.50. The standard InChI is InChI=1S/C6H12N2.C5H8O5.Pt/c7-5-3-1-2-4-6(5)8;6-3(5(9)10)1-2-4(7)8;/h5-8H,1-4H2;3,6H,1-2H2,(H,7,8)(H,9,10);/q-2;;+2. The first kappa shape index (κ1) is 20.8. The molecule has 1 rings (SSSR count). The second-order valence-electron chi connectivity index (χ2n) is 4.28. The Labute approximate surface area is 126 Å². The van der Waals surface area contributed by atoms with Crippen molar-refractivity contribution >= 4 is 11.9 Å². The molecule has 0 heterocycles. The summed E-state index contributed by atoms with van der Waals surface area (Å²) in [4.78, 5) is 19.7. The van der Waals surface area contributed by atoms with Gasteiger partial charge in [0.1, 0.15) is 0 Å². The minimum Gasteiger partial charge on any atom is -0.676 e. The Balaban J connectivity index is 0. The first-order valence-corrected chi connectivity index (χ1v) is 5.89. The van der Waals surface area contributed by atoms with Gasteiger partial charge in [-0.15, -0.1) is 0 Å². The van der Waals surface area contributed by atoms with E-state index in [9.17, 15) is 9.59 Å². The molecule has 5 N–H and O–H groups in total. The third kappa shape index (κ3) is 11.1. The summed E-state index contributed by atoms with van der Waals surface area (Å²) >= 11 is 0. The van der Waals surface area contributed by atoms with Crippen LogP contribution < -0.4 is 0 Å². The molecule has 0 amide bonds. The minimum absolute atomic E-state index is 0. The van der Waals surface area contributed by atoms with Crippen molar-refractivity contribution in [2.75, 3.05) is 0 Å².